The first kappa shape index (κ1) is 13.4. The Balaban J connectivity index is 2.95. The number of amides is 1. The number of rotatable bonds is 4. The van der Waals surface area contributed by atoms with Crippen molar-refractivity contribution < 1.29 is 24.6 Å². The standard InChI is InChI=1S/C12H11NO5/c1-7(6-10(14)15)11(16)13-9-5-3-2-4-8(9)12(17)18/h2-6H,1H3,(H,13,16)(H,14,15)(H,17,18)/b7-6+. The van der Waals surface area contributed by atoms with Crippen LogP contribution in [0.1, 0.15) is 17.3 Å². The summed E-state index contributed by atoms with van der Waals surface area (Å²) < 4.78 is 0. The van der Waals surface area contributed by atoms with E-state index < -0.39 is 17.8 Å². The van der Waals surface area contributed by atoms with E-state index in [1.807, 2.05) is 0 Å². The van der Waals surface area contributed by atoms with Gasteiger partial charge >= 0.3 is 11.9 Å². The summed E-state index contributed by atoms with van der Waals surface area (Å²) in [6.45, 7) is 1.33. The Bertz CT molecular complexity index is 533. The summed E-state index contributed by atoms with van der Waals surface area (Å²) in [5.74, 6) is -3.08. The molecular formula is C12H11NO5. The number of aliphatic carboxylic acids is 1. The van der Waals surface area contributed by atoms with Crippen LogP contribution in [0.3, 0.4) is 0 Å². The number of carboxylic acids is 2. The number of para-hydroxylation sites is 1. The molecule has 0 bridgehead atoms. The first-order chi connectivity index (χ1) is 8.41. The lowest BCUT2D eigenvalue weighted by molar-refractivity contribution is -0.131. The molecule has 6 nitrogen and oxygen atoms in total. The molecule has 0 atom stereocenters. The van der Waals surface area contributed by atoms with E-state index in [-0.39, 0.29) is 16.8 Å². The van der Waals surface area contributed by atoms with Crippen LogP contribution in [0.4, 0.5) is 5.69 Å². The van der Waals surface area contributed by atoms with Gasteiger partial charge in [0.25, 0.3) is 5.91 Å². The van der Waals surface area contributed by atoms with Gasteiger partial charge in [-0.3, -0.25) is 4.79 Å². The van der Waals surface area contributed by atoms with E-state index in [0.717, 1.165) is 6.08 Å². The molecule has 1 aromatic carbocycles. The predicted molar refractivity (Wildman–Crippen MR) is 63.4 cm³/mol. The second-order valence-electron chi connectivity index (χ2n) is 3.47. The normalized spacial score (nSPS) is 10.8. The summed E-state index contributed by atoms with van der Waals surface area (Å²) in [7, 11) is 0. The van der Waals surface area contributed by atoms with Gasteiger partial charge in [0.1, 0.15) is 0 Å². The van der Waals surface area contributed by atoms with E-state index in [1.165, 1.54) is 25.1 Å². The molecule has 1 aromatic rings. The average molecular weight is 249 g/mol. The molecule has 1 amide bonds. The van der Waals surface area contributed by atoms with Gasteiger partial charge in [0.15, 0.2) is 0 Å². The van der Waals surface area contributed by atoms with Crippen molar-refractivity contribution in [2.24, 2.45) is 0 Å². The molecule has 6 heteroatoms. The number of carbonyl (C=O) groups excluding carboxylic acids is 1. The van der Waals surface area contributed by atoms with Crippen molar-refractivity contribution in [2.45, 2.75) is 6.92 Å². The molecule has 0 aliphatic rings. The van der Waals surface area contributed by atoms with Gasteiger partial charge in [0.05, 0.1) is 11.3 Å². The fraction of sp³-hybridized carbons (Fsp3) is 0.0833. The maximum Gasteiger partial charge on any atom is 0.337 e. The number of carbonyl (C=O) groups is 3. The maximum atomic E-state index is 11.6. The van der Waals surface area contributed by atoms with Crippen molar-refractivity contribution in [2.75, 3.05) is 5.32 Å². The van der Waals surface area contributed by atoms with Gasteiger partial charge in [-0.25, -0.2) is 9.59 Å². The molecule has 0 aromatic heterocycles. The van der Waals surface area contributed by atoms with E-state index in [4.69, 9.17) is 10.2 Å². The number of benzene rings is 1. The van der Waals surface area contributed by atoms with Crippen LogP contribution >= 0.6 is 0 Å². The highest BCUT2D eigenvalue weighted by atomic mass is 16.4. The molecule has 18 heavy (non-hydrogen) atoms. The molecule has 0 saturated carbocycles. The highest BCUT2D eigenvalue weighted by Crippen LogP contribution is 2.15. The third kappa shape index (κ3) is 3.44. The third-order valence-corrected chi connectivity index (χ3v) is 2.10. The van der Waals surface area contributed by atoms with Gasteiger partial charge in [-0.15, -0.1) is 0 Å². The molecular weight excluding hydrogens is 238 g/mol. The number of anilines is 1. The Kier molecular flexibility index (Phi) is 4.20. The zero-order valence-electron chi connectivity index (χ0n) is 9.51. The second kappa shape index (κ2) is 5.62. The molecule has 0 unspecified atom stereocenters. The Morgan fingerprint density at radius 3 is 2.33 bits per heavy atom. The lowest BCUT2D eigenvalue weighted by atomic mass is 10.1. The molecule has 1 rings (SSSR count). The number of hydrogen-bond acceptors (Lipinski definition) is 3. The van der Waals surface area contributed by atoms with Gasteiger partial charge in [0.2, 0.25) is 0 Å². The van der Waals surface area contributed by atoms with Crippen molar-refractivity contribution in [3.8, 4) is 0 Å². The van der Waals surface area contributed by atoms with Gasteiger partial charge in [-0.05, 0) is 19.1 Å². The van der Waals surface area contributed by atoms with Crippen molar-refractivity contribution >= 4 is 23.5 Å². The first-order valence-corrected chi connectivity index (χ1v) is 4.96. The summed E-state index contributed by atoms with van der Waals surface area (Å²) in [6, 6.07) is 5.86. The number of aromatic carboxylic acids is 1. The van der Waals surface area contributed by atoms with Gasteiger partial charge in [-0.2, -0.15) is 0 Å². The van der Waals surface area contributed by atoms with Crippen LogP contribution in [0.15, 0.2) is 35.9 Å². The quantitative estimate of drug-likeness (QED) is 0.699. The van der Waals surface area contributed by atoms with Gasteiger partial charge in [0, 0.05) is 11.6 Å². The van der Waals surface area contributed by atoms with Crippen LogP contribution in [0.2, 0.25) is 0 Å². The Morgan fingerprint density at radius 1 is 1.17 bits per heavy atom. The molecule has 0 saturated heterocycles. The largest absolute Gasteiger partial charge is 0.478 e. The fourth-order valence-electron chi connectivity index (χ4n) is 1.25. The molecule has 3 N–H and O–H groups in total. The van der Waals surface area contributed by atoms with Gasteiger partial charge < -0.3 is 15.5 Å². The Morgan fingerprint density at radius 2 is 1.78 bits per heavy atom. The summed E-state index contributed by atoms with van der Waals surface area (Å²) in [6.07, 6.45) is 0.749. The molecule has 0 radical (unpaired) electrons. The van der Waals surface area contributed by atoms with Crippen molar-refractivity contribution in [3.63, 3.8) is 0 Å². The average Bonchev–Trinajstić information content (AvgIpc) is 2.28. The van der Waals surface area contributed by atoms with Crippen LogP contribution in [0, 0.1) is 0 Å². The van der Waals surface area contributed by atoms with E-state index in [1.54, 1.807) is 6.07 Å². The zero-order valence-corrected chi connectivity index (χ0v) is 9.51. The summed E-state index contributed by atoms with van der Waals surface area (Å²) in [5, 5.41) is 19.7. The Labute approximate surface area is 103 Å². The van der Waals surface area contributed by atoms with E-state index in [9.17, 15) is 14.4 Å². The highest BCUT2D eigenvalue weighted by Gasteiger charge is 2.12. The minimum absolute atomic E-state index is 0.0253. The van der Waals surface area contributed by atoms with Gasteiger partial charge in [-0.1, -0.05) is 12.1 Å². The van der Waals surface area contributed by atoms with E-state index in [0.29, 0.717) is 0 Å². The van der Waals surface area contributed by atoms with E-state index in [2.05, 4.69) is 5.32 Å². The predicted octanol–water partition coefficient (Wildman–Crippen LogP) is 1.35. The SMILES string of the molecule is C/C(=C\C(=O)O)C(=O)Nc1ccccc1C(=O)O. The topological polar surface area (TPSA) is 104 Å². The van der Waals surface area contributed by atoms with E-state index >= 15 is 0 Å². The summed E-state index contributed by atoms with van der Waals surface area (Å²) in [4.78, 5) is 32.9. The fourth-order valence-corrected chi connectivity index (χ4v) is 1.25. The maximum absolute atomic E-state index is 11.6. The zero-order chi connectivity index (χ0) is 13.7. The lowest BCUT2D eigenvalue weighted by Gasteiger charge is -2.07. The number of carboxylic acid groups (broad SMARTS) is 2. The summed E-state index contributed by atoms with van der Waals surface area (Å²) in [5.41, 5.74) is 0.0322. The molecule has 0 aliphatic heterocycles. The minimum Gasteiger partial charge on any atom is -0.478 e. The first-order valence-electron chi connectivity index (χ1n) is 4.96. The van der Waals surface area contributed by atoms with Crippen LogP contribution in [0.5, 0.6) is 0 Å². The molecule has 0 fully saturated rings. The smallest absolute Gasteiger partial charge is 0.337 e. The number of hydrogen-bond donors (Lipinski definition) is 3. The molecule has 0 spiro atoms. The lowest BCUT2D eigenvalue weighted by Crippen LogP contribution is -2.16. The van der Waals surface area contributed by atoms with Crippen molar-refractivity contribution in [1.29, 1.82) is 0 Å². The van der Waals surface area contributed by atoms with Crippen LogP contribution in [-0.2, 0) is 9.59 Å². The van der Waals surface area contributed by atoms with Crippen molar-refractivity contribution in [3.05, 3.63) is 41.5 Å². The monoisotopic (exact) mass is 249 g/mol. The van der Waals surface area contributed by atoms with Crippen LogP contribution < -0.4 is 5.32 Å². The van der Waals surface area contributed by atoms with Crippen LogP contribution in [-0.4, -0.2) is 28.1 Å². The van der Waals surface area contributed by atoms with Crippen LogP contribution in [0.25, 0.3) is 0 Å². The highest BCUT2D eigenvalue weighted by molar-refractivity contribution is 6.08. The second-order valence-corrected chi connectivity index (χ2v) is 3.47. The minimum atomic E-state index is -1.24. The number of nitrogens with one attached hydrogen (secondary N) is 1. The molecule has 0 aliphatic carbocycles. The molecule has 0 heterocycles. The summed E-state index contributed by atoms with van der Waals surface area (Å²) >= 11 is 0. The van der Waals surface area contributed by atoms with Crippen molar-refractivity contribution in [1.82, 2.24) is 0 Å². The molecule has 94 valence electrons. The Hall–Kier alpha value is -2.63. The third-order valence-electron chi connectivity index (χ3n) is 2.10.